The summed E-state index contributed by atoms with van der Waals surface area (Å²) in [6.45, 7) is 23.1. The van der Waals surface area contributed by atoms with E-state index in [4.69, 9.17) is 8.85 Å². The summed E-state index contributed by atoms with van der Waals surface area (Å²) in [5.74, 6) is 0. The van der Waals surface area contributed by atoms with Gasteiger partial charge in [-0.05, 0) is 40.5 Å². The highest BCUT2D eigenvalue weighted by atomic mass is 28.4. The van der Waals surface area contributed by atoms with E-state index in [0.717, 1.165) is 16.7 Å². The van der Waals surface area contributed by atoms with E-state index in [-0.39, 0.29) is 16.7 Å². The van der Waals surface area contributed by atoms with Gasteiger partial charge in [-0.15, -0.1) is 6.58 Å². The Hall–Kier alpha value is -1.84. The third-order valence-corrected chi connectivity index (χ3v) is 17.2. The zero-order valence-corrected chi connectivity index (χ0v) is 25.7. The van der Waals surface area contributed by atoms with E-state index < -0.39 is 34.3 Å². The number of rotatable bonds is 11. The second-order valence-electron chi connectivity index (χ2n) is 12.6. The number of aliphatic hydroxyl groups excluding tert-OH is 1. The topological polar surface area (TPSA) is 55.8 Å². The number of hydrogen-bond acceptors (Lipinski definition) is 4. The molecule has 0 aliphatic heterocycles. The average Bonchev–Trinajstić information content (AvgIpc) is 2.82. The normalized spacial score (nSPS) is 16.6. The third-order valence-electron chi connectivity index (χ3n) is 7.74. The first-order valence-corrected chi connectivity index (χ1v) is 17.6. The molecule has 0 aromatic heterocycles. The molecule has 2 rings (SSSR count). The molecule has 0 fully saturated rings. The van der Waals surface area contributed by atoms with Crippen molar-refractivity contribution in [3.8, 4) is 0 Å². The Morgan fingerprint density at radius 3 is 1.64 bits per heavy atom. The second kappa shape index (κ2) is 11.3. The van der Waals surface area contributed by atoms with Gasteiger partial charge in [-0.2, -0.15) is 0 Å². The number of aldehydes is 1. The molecule has 0 saturated carbocycles. The van der Waals surface area contributed by atoms with Gasteiger partial charge in [0, 0.05) is 6.61 Å². The van der Waals surface area contributed by atoms with Crippen molar-refractivity contribution < 1.29 is 18.8 Å². The molecule has 4 nitrogen and oxygen atoms in total. The van der Waals surface area contributed by atoms with Crippen molar-refractivity contribution in [3.63, 3.8) is 0 Å². The number of carbonyl (C=O) groups excluding carboxylic acids is 1. The Kier molecular flexibility index (Phi) is 9.52. The van der Waals surface area contributed by atoms with Crippen LogP contribution in [0.4, 0.5) is 0 Å². The quantitative estimate of drug-likeness (QED) is 0.232. The van der Waals surface area contributed by atoms with Crippen molar-refractivity contribution in [1.82, 2.24) is 0 Å². The van der Waals surface area contributed by atoms with Crippen LogP contribution >= 0.6 is 0 Å². The van der Waals surface area contributed by atoms with Crippen LogP contribution in [0, 0.1) is 5.41 Å². The minimum absolute atomic E-state index is 0.0447. The fourth-order valence-electron chi connectivity index (χ4n) is 4.35. The lowest BCUT2D eigenvalue weighted by molar-refractivity contribution is -0.128. The van der Waals surface area contributed by atoms with Gasteiger partial charge >= 0.3 is 0 Å². The van der Waals surface area contributed by atoms with Crippen LogP contribution in [0.1, 0.15) is 48.5 Å². The molecule has 2 aromatic rings. The molecule has 198 valence electrons. The Morgan fingerprint density at radius 2 is 1.31 bits per heavy atom. The zero-order chi connectivity index (χ0) is 27.4. The Morgan fingerprint density at radius 1 is 0.861 bits per heavy atom. The molecule has 0 radical (unpaired) electrons. The first-order valence-electron chi connectivity index (χ1n) is 12.8. The van der Waals surface area contributed by atoms with Gasteiger partial charge in [-0.1, -0.05) is 108 Å². The fraction of sp³-hybridized carbons (Fsp3) is 0.500. The van der Waals surface area contributed by atoms with Crippen LogP contribution in [0.2, 0.25) is 23.2 Å². The Labute approximate surface area is 221 Å². The van der Waals surface area contributed by atoms with Crippen LogP contribution in [0.3, 0.4) is 0 Å². The molecule has 1 N–H and O–H groups in total. The highest BCUT2D eigenvalue weighted by Gasteiger charge is 2.52. The van der Waals surface area contributed by atoms with Gasteiger partial charge < -0.3 is 18.8 Å². The van der Waals surface area contributed by atoms with Crippen molar-refractivity contribution in [2.24, 2.45) is 5.41 Å². The van der Waals surface area contributed by atoms with Gasteiger partial charge in [0.2, 0.25) is 0 Å². The van der Waals surface area contributed by atoms with Gasteiger partial charge in [0.05, 0.1) is 17.6 Å². The van der Waals surface area contributed by atoms with Gasteiger partial charge in [0.25, 0.3) is 8.32 Å². The minimum atomic E-state index is -2.87. The summed E-state index contributed by atoms with van der Waals surface area (Å²) < 4.78 is 13.5. The van der Waals surface area contributed by atoms with Gasteiger partial charge in [0.15, 0.2) is 8.32 Å². The van der Waals surface area contributed by atoms with Crippen LogP contribution in [0.5, 0.6) is 0 Å². The van der Waals surface area contributed by atoms with Gasteiger partial charge in [-0.3, -0.25) is 0 Å². The molecule has 3 atom stereocenters. The van der Waals surface area contributed by atoms with Crippen LogP contribution in [0.25, 0.3) is 0 Å². The smallest absolute Gasteiger partial charge is 0.261 e. The standard InChI is InChI=1S/C30H46O4Si2/c1-11-26(34-35(9,10)28(2,3)4)27(32)30(8,22-31)23-33-36(29(5,6)7,24-18-14-12-15-19-24)25-20-16-13-17-21-25/h11-22,26-27,32H,1,23H2,2-10H3/t26-,27+,30+/m0/s1. The number of aliphatic hydroxyl groups is 1. The van der Waals surface area contributed by atoms with Crippen LogP contribution in [0.15, 0.2) is 73.3 Å². The summed E-state index contributed by atoms with van der Waals surface area (Å²) in [7, 11) is -5.09. The minimum Gasteiger partial charge on any atom is -0.408 e. The largest absolute Gasteiger partial charge is 0.408 e. The van der Waals surface area contributed by atoms with E-state index in [2.05, 4.69) is 85.5 Å². The molecule has 36 heavy (non-hydrogen) atoms. The molecule has 0 amide bonds. The summed E-state index contributed by atoms with van der Waals surface area (Å²) in [5, 5.41) is 13.5. The molecule has 0 saturated heterocycles. The lowest BCUT2D eigenvalue weighted by Crippen LogP contribution is -2.67. The summed E-state index contributed by atoms with van der Waals surface area (Å²) in [5.41, 5.74) is -1.19. The van der Waals surface area contributed by atoms with Crippen molar-refractivity contribution in [3.05, 3.63) is 73.3 Å². The lowest BCUT2D eigenvalue weighted by atomic mass is 9.84. The maximum Gasteiger partial charge on any atom is 0.261 e. The van der Waals surface area contributed by atoms with Crippen LogP contribution in [-0.4, -0.2) is 46.8 Å². The van der Waals surface area contributed by atoms with Crippen molar-refractivity contribution in [2.45, 2.75) is 83.8 Å². The van der Waals surface area contributed by atoms with Crippen LogP contribution in [-0.2, 0) is 13.6 Å². The molecule has 0 spiro atoms. The SMILES string of the molecule is C=C[C@H](O[Si](C)(C)C(C)(C)C)[C@@H](O)[C@](C)(C=O)CO[Si](c1ccccc1)(c1ccccc1)C(C)(C)C. The number of benzene rings is 2. The zero-order valence-electron chi connectivity index (χ0n) is 23.7. The molecule has 0 heterocycles. The molecular weight excluding hydrogens is 480 g/mol. The highest BCUT2D eigenvalue weighted by Crippen LogP contribution is 2.40. The van der Waals surface area contributed by atoms with E-state index >= 15 is 0 Å². The molecule has 0 unspecified atom stereocenters. The molecule has 2 aromatic carbocycles. The molecular formula is C30H46O4Si2. The third kappa shape index (κ3) is 6.17. The average molecular weight is 527 g/mol. The van der Waals surface area contributed by atoms with Crippen molar-refractivity contribution in [1.29, 1.82) is 0 Å². The lowest BCUT2D eigenvalue weighted by Gasteiger charge is -2.46. The molecule has 0 bridgehead atoms. The molecule has 6 heteroatoms. The fourth-order valence-corrected chi connectivity index (χ4v) is 10.3. The highest BCUT2D eigenvalue weighted by molar-refractivity contribution is 6.99. The first kappa shape index (κ1) is 30.4. The van der Waals surface area contributed by atoms with E-state index in [1.807, 2.05) is 36.4 Å². The Bertz CT molecular complexity index is 954. The van der Waals surface area contributed by atoms with E-state index in [1.54, 1.807) is 13.0 Å². The summed E-state index contributed by atoms with van der Waals surface area (Å²) in [6.07, 6.45) is 0.667. The van der Waals surface area contributed by atoms with Crippen molar-refractivity contribution in [2.75, 3.05) is 6.61 Å². The van der Waals surface area contributed by atoms with Crippen molar-refractivity contribution >= 4 is 33.3 Å². The van der Waals surface area contributed by atoms with E-state index in [9.17, 15) is 9.90 Å². The van der Waals surface area contributed by atoms with E-state index in [0.29, 0.717) is 0 Å². The predicted molar refractivity (Wildman–Crippen MR) is 156 cm³/mol. The molecule has 0 aliphatic carbocycles. The van der Waals surface area contributed by atoms with E-state index in [1.165, 1.54) is 0 Å². The van der Waals surface area contributed by atoms with Gasteiger partial charge in [0.1, 0.15) is 6.29 Å². The van der Waals surface area contributed by atoms with Crippen LogP contribution < -0.4 is 10.4 Å². The summed E-state index contributed by atoms with van der Waals surface area (Å²) in [6, 6.07) is 20.6. The van der Waals surface area contributed by atoms with Gasteiger partial charge in [-0.25, -0.2) is 0 Å². The predicted octanol–water partition coefficient (Wildman–Crippen LogP) is 5.71. The molecule has 0 aliphatic rings. The monoisotopic (exact) mass is 526 g/mol. The maximum atomic E-state index is 12.6. The maximum absolute atomic E-state index is 12.6. The Balaban J connectivity index is 2.52. The second-order valence-corrected chi connectivity index (χ2v) is 21.7. The number of hydrogen-bond donors (Lipinski definition) is 1. The summed E-state index contributed by atoms with van der Waals surface area (Å²) in [4.78, 5) is 12.6. The first-order chi connectivity index (χ1) is 16.6. The number of carbonyl (C=O) groups is 1. The summed E-state index contributed by atoms with van der Waals surface area (Å²) >= 11 is 0.